The molecular formula is C10H10F2N2O2. The van der Waals surface area contributed by atoms with Crippen molar-refractivity contribution in [1.29, 1.82) is 0 Å². The summed E-state index contributed by atoms with van der Waals surface area (Å²) < 4.78 is 23.6. The fourth-order valence-electron chi connectivity index (χ4n) is 1.29. The molecule has 0 spiro atoms. The van der Waals surface area contributed by atoms with Gasteiger partial charge in [-0.2, -0.15) is 5.10 Å². The second-order valence-corrected chi connectivity index (χ2v) is 2.96. The Hall–Kier alpha value is -1.98. The van der Waals surface area contributed by atoms with E-state index in [1.54, 1.807) is 0 Å². The van der Waals surface area contributed by atoms with Crippen molar-refractivity contribution in [2.75, 3.05) is 0 Å². The largest absolute Gasteiger partial charge is 0.478 e. The molecule has 1 rings (SSSR count). The summed E-state index contributed by atoms with van der Waals surface area (Å²) in [7, 11) is 0. The number of nitrogens with one attached hydrogen (secondary N) is 1. The van der Waals surface area contributed by atoms with E-state index in [9.17, 15) is 13.6 Å². The molecule has 6 heteroatoms. The molecule has 1 aromatic heterocycles. The Bertz CT molecular complexity index is 393. The van der Waals surface area contributed by atoms with Gasteiger partial charge in [0.05, 0.1) is 24.0 Å². The third kappa shape index (κ3) is 2.75. The maximum Gasteiger partial charge on any atom is 0.339 e. The van der Waals surface area contributed by atoms with Gasteiger partial charge >= 0.3 is 5.97 Å². The minimum atomic E-state index is -1.17. The molecule has 0 radical (unpaired) electrons. The van der Waals surface area contributed by atoms with Crippen LogP contribution in [0.25, 0.3) is 0 Å². The molecule has 0 unspecified atom stereocenters. The Morgan fingerprint density at radius 1 is 1.31 bits per heavy atom. The number of hydrogen-bond donors (Lipinski definition) is 2. The van der Waals surface area contributed by atoms with E-state index in [0.717, 1.165) is 12.2 Å². The fourth-order valence-corrected chi connectivity index (χ4v) is 1.29. The topological polar surface area (TPSA) is 66.0 Å². The molecular weight excluding hydrogens is 218 g/mol. The van der Waals surface area contributed by atoms with E-state index in [4.69, 9.17) is 5.11 Å². The van der Waals surface area contributed by atoms with Gasteiger partial charge in [-0.05, 0) is 0 Å². The Balaban J connectivity index is 3.01. The number of aromatic nitrogens is 2. The molecule has 0 fully saturated rings. The molecule has 86 valence electrons. The summed E-state index contributed by atoms with van der Waals surface area (Å²) in [5.74, 6) is -1.17. The lowest BCUT2D eigenvalue weighted by atomic mass is 10.1. The van der Waals surface area contributed by atoms with Crippen LogP contribution >= 0.6 is 0 Å². The molecule has 0 aliphatic heterocycles. The zero-order chi connectivity index (χ0) is 12.0. The van der Waals surface area contributed by atoms with Crippen molar-refractivity contribution >= 4 is 5.97 Å². The summed E-state index contributed by atoms with van der Waals surface area (Å²) in [6, 6.07) is 0. The molecule has 4 nitrogen and oxygen atoms in total. The average Bonchev–Trinajstić information content (AvgIpc) is 2.66. The molecule has 2 N–H and O–H groups in total. The molecule has 1 aromatic rings. The van der Waals surface area contributed by atoms with Crippen molar-refractivity contribution in [3.8, 4) is 0 Å². The highest BCUT2D eigenvalue weighted by atomic mass is 19.1. The zero-order valence-corrected chi connectivity index (χ0v) is 8.28. The Morgan fingerprint density at radius 3 is 2.50 bits per heavy atom. The van der Waals surface area contributed by atoms with Gasteiger partial charge in [0.15, 0.2) is 0 Å². The normalized spacial score (nSPS) is 11.6. The number of allylic oxidation sites excluding steroid dienone is 2. The standard InChI is InChI=1S/C10H10F2N2O2/c11-5-1-3-7-9(10(15)16)8(14-13-7)4-2-6-12/h1-2,5-6H,3-4H2,(H,13,14)(H,15,16). The zero-order valence-electron chi connectivity index (χ0n) is 8.28. The molecule has 0 aromatic carbocycles. The van der Waals surface area contributed by atoms with Gasteiger partial charge in [0.2, 0.25) is 0 Å². The summed E-state index contributed by atoms with van der Waals surface area (Å²) in [4.78, 5) is 10.9. The van der Waals surface area contributed by atoms with E-state index >= 15 is 0 Å². The van der Waals surface area contributed by atoms with E-state index in [0.29, 0.717) is 18.4 Å². The molecule has 0 aliphatic carbocycles. The van der Waals surface area contributed by atoms with Gasteiger partial charge in [-0.3, -0.25) is 5.10 Å². The monoisotopic (exact) mass is 228 g/mol. The van der Waals surface area contributed by atoms with Crippen LogP contribution in [-0.4, -0.2) is 21.3 Å². The molecule has 0 saturated carbocycles. The molecule has 0 atom stereocenters. The predicted octanol–water partition coefficient (Wildman–Crippen LogP) is 2.16. The minimum Gasteiger partial charge on any atom is -0.478 e. The molecule has 0 amide bonds. The van der Waals surface area contributed by atoms with E-state index in [-0.39, 0.29) is 24.1 Å². The van der Waals surface area contributed by atoms with Gasteiger partial charge in [0.1, 0.15) is 5.56 Å². The number of aromatic carboxylic acids is 1. The van der Waals surface area contributed by atoms with Crippen molar-refractivity contribution in [3.63, 3.8) is 0 Å². The second kappa shape index (κ2) is 5.79. The van der Waals surface area contributed by atoms with Crippen molar-refractivity contribution in [2.45, 2.75) is 12.8 Å². The predicted molar refractivity (Wildman–Crippen MR) is 53.5 cm³/mol. The van der Waals surface area contributed by atoms with E-state index in [1.807, 2.05) is 0 Å². The molecule has 16 heavy (non-hydrogen) atoms. The highest BCUT2D eigenvalue weighted by Gasteiger charge is 2.17. The number of nitrogens with zero attached hydrogens (tertiary/aromatic N) is 1. The van der Waals surface area contributed by atoms with Crippen LogP contribution in [-0.2, 0) is 12.8 Å². The van der Waals surface area contributed by atoms with E-state index in [1.165, 1.54) is 0 Å². The maximum absolute atomic E-state index is 11.8. The Morgan fingerprint density at radius 2 is 1.94 bits per heavy atom. The number of aromatic amines is 1. The number of carboxylic acid groups (broad SMARTS) is 1. The summed E-state index contributed by atoms with van der Waals surface area (Å²) in [6.45, 7) is 0. The van der Waals surface area contributed by atoms with Crippen molar-refractivity contribution in [3.05, 3.63) is 41.8 Å². The number of H-pyrrole nitrogens is 1. The number of hydrogen-bond acceptors (Lipinski definition) is 2. The Kier molecular flexibility index (Phi) is 4.38. The van der Waals surface area contributed by atoms with Gasteiger partial charge in [-0.1, -0.05) is 12.2 Å². The van der Waals surface area contributed by atoms with Gasteiger partial charge < -0.3 is 5.11 Å². The number of carboxylic acids is 1. The van der Waals surface area contributed by atoms with Crippen LogP contribution in [0.2, 0.25) is 0 Å². The summed E-state index contributed by atoms with van der Waals surface area (Å²) in [5, 5.41) is 15.2. The Labute approximate surface area is 90.3 Å². The second-order valence-electron chi connectivity index (χ2n) is 2.96. The third-order valence-electron chi connectivity index (χ3n) is 1.94. The number of halogens is 2. The first-order valence-electron chi connectivity index (χ1n) is 4.50. The molecule has 0 bridgehead atoms. The van der Waals surface area contributed by atoms with Crippen molar-refractivity contribution < 1.29 is 18.7 Å². The van der Waals surface area contributed by atoms with Crippen molar-refractivity contribution in [2.24, 2.45) is 0 Å². The van der Waals surface area contributed by atoms with Crippen LogP contribution in [0.4, 0.5) is 8.78 Å². The SMILES string of the molecule is O=C(O)c1c(CC=CF)n[nH]c1CC=CF. The molecule has 0 aliphatic rings. The smallest absolute Gasteiger partial charge is 0.339 e. The summed E-state index contributed by atoms with van der Waals surface area (Å²) in [5.41, 5.74) is 0.489. The lowest BCUT2D eigenvalue weighted by Crippen LogP contribution is -2.03. The minimum absolute atomic E-state index is 0.0313. The quantitative estimate of drug-likeness (QED) is 0.811. The van der Waals surface area contributed by atoms with Crippen LogP contribution in [0.5, 0.6) is 0 Å². The number of carbonyl (C=O) groups is 1. The lowest BCUT2D eigenvalue weighted by Gasteiger charge is -1.96. The summed E-state index contributed by atoms with van der Waals surface area (Å²) >= 11 is 0. The average molecular weight is 228 g/mol. The van der Waals surface area contributed by atoms with Gasteiger partial charge in [-0.15, -0.1) is 0 Å². The lowest BCUT2D eigenvalue weighted by molar-refractivity contribution is 0.0695. The van der Waals surface area contributed by atoms with Crippen LogP contribution in [0.1, 0.15) is 21.7 Å². The first-order chi connectivity index (χ1) is 7.70. The first-order valence-corrected chi connectivity index (χ1v) is 4.50. The van der Waals surface area contributed by atoms with Crippen LogP contribution in [0.3, 0.4) is 0 Å². The van der Waals surface area contributed by atoms with E-state index < -0.39 is 5.97 Å². The van der Waals surface area contributed by atoms with Crippen LogP contribution in [0.15, 0.2) is 24.8 Å². The van der Waals surface area contributed by atoms with Crippen LogP contribution in [0, 0.1) is 0 Å². The highest BCUT2D eigenvalue weighted by Crippen LogP contribution is 2.13. The van der Waals surface area contributed by atoms with Gasteiger partial charge in [-0.25, -0.2) is 13.6 Å². The van der Waals surface area contributed by atoms with Crippen LogP contribution < -0.4 is 0 Å². The van der Waals surface area contributed by atoms with Crippen molar-refractivity contribution in [1.82, 2.24) is 10.2 Å². The highest BCUT2D eigenvalue weighted by molar-refractivity contribution is 5.90. The summed E-state index contributed by atoms with van der Waals surface area (Å²) in [6.07, 6.45) is 3.14. The maximum atomic E-state index is 11.8. The van der Waals surface area contributed by atoms with Gasteiger partial charge in [0.25, 0.3) is 0 Å². The third-order valence-corrected chi connectivity index (χ3v) is 1.94. The first kappa shape index (κ1) is 12.1. The molecule has 0 saturated heterocycles. The fraction of sp³-hybridized carbons (Fsp3) is 0.200. The number of rotatable bonds is 5. The molecule has 1 heterocycles. The van der Waals surface area contributed by atoms with E-state index in [2.05, 4.69) is 10.2 Å². The van der Waals surface area contributed by atoms with Gasteiger partial charge in [0, 0.05) is 12.8 Å².